The van der Waals surface area contributed by atoms with Crippen LogP contribution in [0.5, 0.6) is 0 Å². The molecule has 4 rings (SSSR count). The van der Waals surface area contributed by atoms with E-state index in [-0.39, 0.29) is 11.8 Å². The van der Waals surface area contributed by atoms with Crippen molar-refractivity contribution in [1.82, 2.24) is 25.1 Å². The van der Waals surface area contributed by atoms with E-state index in [1.165, 1.54) is 0 Å². The van der Waals surface area contributed by atoms with Crippen LogP contribution in [-0.4, -0.2) is 38.6 Å². The third-order valence-electron chi connectivity index (χ3n) is 5.34. The van der Waals surface area contributed by atoms with Crippen LogP contribution in [0.15, 0.2) is 73.2 Å². The molecule has 2 aromatic heterocycles. The fourth-order valence-corrected chi connectivity index (χ4v) is 3.56. The van der Waals surface area contributed by atoms with Crippen LogP contribution in [0.4, 0.5) is 5.95 Å². The molecule has 3 N–H and O–H groups in total. The zero-order chi connectivity index (χ0) is 23.0. The summed E-state index contributed by atoms with van der Waals surface area (Å²) in [6, 6.07) is 17.1. The average molecular weight is 443 g/mol. The van der Waals surface area contributed by atoms with Crippen LogP contribution >= 0.6 is 0 Å². The minimum absolute atomic E-state index is 0.0374. The molecule has 0 fully saturated rings. The normalized spacial score (nSPS) is 10.7. The molecule has 2 aromatic carbocycles. The smallest absolute Gasteiger partial charge is 0.258 e. The number of hydrogen-bond acceptors (Lipinski definition) is 4. The van der Waals surface area contributed by atoms with E-state index >= 15 is 0 Å². The van der Waals surface area contributed by atoms with Crippen molar-refractivity contribution < 1.29 is 9.59 Å². The van der Waals surface area contributed by atoms with E-state index in [2.05, 4.69) is 25.8 Å². The van der Waals surface area contributed by atoms with Gasteiger partial charge < -0.3 is 5.32 Å². The zero-order valence-electron chi connectivity index (χ0n) is 18.4. The third kappa shape index (κ3) is 5.54. The lowest BCUT2D eigenvalue weighted by atomic mass is 10.1. The Bertz CT molecular complexity index is 1210. The number of carbonyl (C=O) groups is 2. The summed E-state index contributed by atoms with van der Waals surface area (Å²) in [6.45, 7) is 0. The molecule has 0 aliphatic carbocycles. The van der Waals surface area contributed by atoms with Crippen molar-refractivity contribution in [3.63, 3.8) is 0 Å². The highest BCUT2D eigenvalue weighted by molar-refractivity contribution is 6.04. The molecule has 4 aromatic rings. The van der Waals surface area contributed by atoms with Gasteiger partial charge in [-0.1, -0.05) is 30.3 Å². The molecule has 0 radical (unpaired) electrons. The number of carbonyl (C=O) groups excluding carboxylic acids is 2. The van der Waals surface area contributed by atoms with Crippen LogP contribution in [-0.2, 0) is 11.2 Å². The predicted molar refractivity (Wildman–Crippen MR) is 127 cm³/mol. The first-order valence-corrected chi connectivity index (χ1v) is 10.9. The molecule has 0 spiro atoms. The summed E-state index contributed by atoms with van der Waals surface area (Å²) >= 11 is 0. The van der Waals surface area contributed by atoms with Crippen molar-refractivity contribution in [2.45, 2.75) is 25.7 Å². The SMILES string of the molecule is CNC(=O)CCCCc1cn(-c2ccccc2)c(NC(=O)c2cccc(-c3cn[nH]c3)c2)n1. The lowest BCUT2D eigenvalue weighted by Crippen LogP contribution is -2.16. The second kappa shape index (κ2) is 10.4. The number of H-pyrrole nitrogens is 1. The fraction of sp³-hybridized carbons (Fsp3) is 0.200. The summed E-state index contributed by atoms with van der Waals surface area (Å²) in [5.41, 5.74) is 4.11. The van der Waals surface area contributed by atoms with Gasteiger partial charge in [-0.15, -0.1) is 0 Å². The Morgan fingerprint density at radius 3 is 2.64 bits per heavy atom. The van der Waals surface area contributed by atoms with Gasteiger partial charge in [0.2, 0.25) is 11.9 Å². The second-order valence-corrected chi connectivity index (χ2v) is 7.66. The second-order valence-electron chi connectivity index (χ2n) is 7.66. The van der Waals surface area contributed by atoms with Crippen molar-refractivity contribution >= 4 is 17.8 Å². The summed E-state index contributed by atoms with van der Waals surface area (Å²) in [6.07, 6.45) is 8.26. The monoisotopic (exact) mass is 442 g/mol. The molecule has 0 unspecified atom stereocenters. The molecule has 2 heterocycles. The number of para-hydroxylation sites is 1. The number of aromatic amines is 1. The topological polar surface area (TPSA) is 105 Å². The summed E-state index contributed by atoms with van der Waals surface area (Å²) < 4.78 is 1.88. The van der Waals surface area contributed by atoms with Crippen LogP contribution in [0.2, 0.25) is 0 Å². The number of amides is 2. The maximum atomic E-state index is 13.1. The van der Waals surface area contributed by atoms with Gasteiger partial charge >= 0.3 is 0 Å². The van der Waals surface area contributed by atoms with Gasteiger partial charge in [0.15, 0.2) is 0 Å². The molecule has 0 saturated carbocycles. The number of hydrogen-bond donors (Lipinski definition) is 3. The van der Waals surface area contributed by atoms with E-state index in [0.717, 1.165) is 41.8 Å². The maximum Gasteiger partial charge on any atom is 0.258 e. The highest BCUT2D eigenvalue weighted by Gasteiger charge is 2.15. The molecule has 33 heavy (non-hydrogen) atoms. The molecular weight excluding hydrogens is 416 g/mol. The quantitative estimate of drug-likeness (QED) is 0.341. The van der Waals surface area contributed by atoms with E-state index in [1.807, 2.05) is 59.3 Å². The van der Waals surface area contributed by atoms with E-state index in [0.29, 0.717) is 17.9 Å². The van der Waals surface area contributed by atoms with Gasteiger partial charge in [-0.05, 0) is 49.1 Å². The van der Waals surface area contributed by atoms with E-state index < -0.39 is 0 Å². The molecule has 2 amide bonds. The number of aryl methyl sites for hydroxylation is 1. The van der Waals surface area contributed by atoms with Crippen molar-refractivity contribution in [3.05, 3.63) is 84.4 Å². The van der Waals surface area contributed by atoms with Crippen molar-refractivity contribution in [2.24, 2.45) is 0 Å². The molecule has 0 bridgehead atoms. The first-order chi connectivity index (χ1) is 16.1. The Morgan fingerprint density at radius 1 is 1.03 bits per heavy atom. The van der Waals surface area contributed by atoms with Gasteiger partial charge in [-0.25, -0.2) is 4.98 Å². The van der Waals surface area contributed by atoms with E-state index in [4.69, 9.17) is 0 Å². The number of aromatic nitrogens is 4. The molecular formula is C25H26N6O2. The first-order valence-electron chi connectivity index (χ1n) is 10.9. The first kappa shape index (κ1) is 22.0. The zero-order valence-corrected chi connectivity index (χ0v) is 18.4. The number of anilines is 1. The number of nitrogens with zero attached hydrogens (tertiary/aromatic N) is 3. The molecule has 0 aliphatic rings. The summed E-state index contributed by atoms with van der Waals surface area (Å²) in [5.74, 6) is 0.255. The Labute approximate surface area is 192 Å². The molecule has 8 nitrogen and oxygen atoms in total. The number of benzene rings is 2. The number of imidazole rings is 1. The summed E-state index contributed by atoms with van der Waals surface area (Å²) in [7, 11) is 1.64. The van der Waals surface area contributed by atoms with Gasteiger partial charge in [-0.2, -0.15) is 5.10 Å². The van der Waals surface area contributed by atoms with Crippen molar-refractivity contribution in [1.29, 1.82) is 0 Å². The van der Waals surface area contributed by atoms with Crippen LogP contribution in [0.1, 0.15) is 35.3 Å². The molecule has 0 saturated heterocycles. The lowest BCUT2D eigenvalue weighted by molar-refractivity contribution is -0.120. The van der Waals surface area contributed by atoms with Crippen LogP contribution < -0.4 is 10.6 Å². The average Bonchev–Trinajstić information content (AvgIpc) is 3.53. The van der Waals surface area contributed by atoms with Crippen LogP contribution in [0.3, 0.4) is 0 Å². The number of unbranched alkanes of at least 4 members (excludes halogenated alkanes) is 1. The molecule has 0 aliphatic heterocycles. The van der Waals surface area contributed by atoms with Crippen LogP contribution in [0, 0.1) is 0 Å². The highest BCUT2D eigenvalue weighted by atomic mass is 16.2. The summed E-state index contributed by atoms with van der Waals surface area (Å²) in [5, 5.41) is 12.4. The third-order valence-corrected chi connectivity index (χ3v) is 5.34. The fourth-order valence-electron chi connectivity index (χ4n) is 3.56. The Balaban J connectivity index is 1.53. The number of rotatable bonds is 9. The standard InChI is InChI=1S/C25H26N6O2/c1-26-23(32)13-6-5-10-21-17-31(22-11-3-2-4-12-22)25(29-21)30-24(33)19-9-7-8-18(14-19)20-15-27-28-16-20/h2-4,7-9,11-12,14-17H,5-6,10,13H2,1H3,(H,26,32)(H,27,28)(H,29,30,33). The van der Waals surface area contributed by atoms with Gasteiger partial charge in [0, 0.05) is 42.7 Å². The molecule has 168 valence electrons. The van der Waals surface area contributed by atoms with Gasteiger partial charge in [0.05, 0.1) is 11.9 Å². The minimum atomic E-state index is -0.241. The van der Waals surface area contributed by atoms with Crippen LogP contribution in [0.25, 0.3) is 16.8 Å². The molecule has 0 atom stereocenters. The van der Waals surface area contributed by atoms with Gasteiger partial charge in [0.25, 0.3) is 5.91 Å². The van der Waals surface area contributed by atoms with Crippen molar-refractivity contribution in [3.8, 4) is 16.8 Å². The Kier molecular flexibility index (Phi) is 6.94. The minimum Gasteiger partial charge on any atom is -0.359 e. The molecule has 8 heteroatoms. The van der Waals surface area contributed by atoms with Gasteiger partial charge in [-0.3, -0.25) is 24.6 Å². The number of nitrogens with one attached hydrogen (secondary N) is 3. The Hall–Kier alpha value is -4.20. The lowest BCUT2D eigenvalue weighted by Gasteiger charge is -2.09. The largest absolute Gasteiger partial charge is 0.359 e. The van der Waals surface area contributed by atoms with E-state index in [9.17, 15) is 9.59 Å². The summed E-state index contributed by atoms with van der Waals surface area (Å²) in [4.78, 5) is 29.2. The van der Waals surface area contributed by atoms with Gasteiger partial charge in [0.1, 0.15) is 0 Å². The van der Waals surface area contributed by atoms with E-state index in [1.54, 1.807) is 25.5 Å². The highest BCUT2D eigenvalue weighted by Crippen LogP contribution is 2.22. The van der Waals surface area contributed by atoms with Crippen molar-refractivity contribution in [2.75, 3.05) is 12.4 Å². The Morgan fingerprint density at radius 2 is 1.88 bits per heavy atom. The predicted octanol–water partition coefficient (Wildman–Crippen LogP) is 3.97. The maximum absolute atomic E-state index is 13.1.